The lowest BCUT2D eigenvalue weighted by Gasteiger charge is -2.28. The molecule has 3 aromatic rings. The number of aromatic amines is 1. The number of nitrogens with zero attached hydrogens (tertiary/aromatic N) is 1. The van der Waals surface area contributed by atoms with Crippen LogP contribution in [0, 0.1) is 5.82 Å². The topological polar surface area (TPSA) is 69.8 Å². The molecule has 6 heteroatoms. The number of nitrogens with one attached hydrogen (secondary N) is 3. The van der Waals surface area contributed by atoms with Crippen LogP contribution < -0.4 is 10.6 Å². The summed E-state index contributed by atoms with van der Waals surface area (Å²) in [5.41, 5.74) is 3.05. The molecule has 5 nitrogen and oxygen atoms in total. The van der Waals surface area contributed by atoms with E-state index in [2.05, 4.69) is 20.8 Å². The molecule has 1 aliphatic heterocycles. The van der Waals surface area contributed by atoms with Crippen LogP contribution in [0.5, 0.6) is 0 Å². The second-order valence-corrected chi connectivity index (χ2v) is 6.93. The number of hydrogen-bond donors (Lipinski definition) is 3. The van der Waals surface area contributed by atoms with Crippen molar-refractivity contribution < 1.29 is 9.18 Å². The van der Waals surface area contributed by atoms with E-state index in [1.165, 1.54) is 12.1 Å². The number of hydrogen-bond acceptors (Lipinski definition) is 3. The Labute approximate surface area is 157 Å². The van der Waals surface area contributed by atoms with Gasteiger partial charge in [-0.1, -0.05) is 24.3 Å². The molecule has 1 saturated heterocycles. The molecule has 4 rings (SSSR count). The first kappa shape index (κ1) is 17.4. The zero-order chi connectivity index (χ0) is 18.7. The largest absolute Gasteiger partial charge is 0.324 e. The van der Waals surface area contributed by atoms with Crippen molar-refractivity contribution in [3.63, 3.8) is 0 Å². The van der Waals surface area contributed by atoms with Crippen LogP contribution in [0.3, 0.4) is 0 Å². The van der Waals surface area contributed by atoms with Crippen LogP contribution >= 0.6 is 0 Å². The van der Waals surface area contributed by atoms with Crippen LogP contribution in [0.2, 0.25) is 0 Å². The van der Waals surface area contributed by atoms with Crippen LogP contribution in [-0.4, -0.2) is 28.2 Å². The van der Waals surface area contributed by atoms with Crippen LogP contribution in [0.4, 0.5) is 10.1 Å². The van der Waals surface area contributed by atoms with Gasteiger partial charge in [0, 0.05) is 17.4 Å². The third-order valence-corrected chi connectivity index (χ3v) is 5.07. The Bertz CT molecular complexity index is 898. The van der Waals surface area contributed by atoms with Gasteiger partial charge in [-0.15, -0.1) is 0 Å². The van der Waals surface area contributed by atoms with Gasteiger partial charge in [0.25, 0.3) is 0 Å². The molecule has 0 radical (unpaired) electrons. The Balaban J connectivity index is 1.50. The molecule has 138 valence electrons. The van der Waals surface area contributed by atoms with Crippen molar-refractivity contribution in [3.05, 3.63) is 72.3 Å². The number of anilines is 1. The summed E-state index contributed by atoms with van der Waals surface area (Å²) in [7, 11) is 0. The minimum absolute atomic E-state index is 0.0552. The summed E-state index contributed by atoms with van der Waals surface area (Å²) >= 11 is 0. The summed E-state index contributed by atoms with van der Waals surface area (Å²) in [4.78, 5) is 13.1. The van der Waals surface area contributed by atoms with Crippen molar-refractivity contribution in [3.8, 4) is 11.1 Å². The fourth-order valence-electron chi connectivity index (χ4n) is 3.59. The number of carbonyl (C=O) groups excluding carboxylic acids is 1. The monoisotopic (exact) mass is 364 g/mol. The Morgan fingerprint density at radius 3 is 2.52 bits per heavy atom. The van der Waals surface area contributed by atoms with Gasteiger partial charge in [-0.25, -0.2) is 4.39 Å². The predicted molar refractivity (Wildman–Crippen MR) is 103 cm³/mol. The zero-order valence-electron chi connectivity index (χ0n) is 14.8. The lowest BCUT2D eigenvalue weighted by Crippen LogP contribution is -2.52. The molecule has 0 aliphatic carbocycles. The van der Waals surface area contributed by atoms with Crippen LogP contribution in [0.15, 0.2) is 60.9 Å². The summed E-state index contributed by atoms with van der Waals surface area (Å²) < 4.78 is 13.2. The van der Waals surface area contributed by atoms with E-state index in [-0.39, 0.29) is 11.7 Å². The summed E-state index contributed by atoms with van der Waals surface area (Å²) in [6, 6.07) is 14.0. The van der Waals surface area contributed by atoms with E-state index in [1.54, 1.807) is 18.3 Å². The molecular formula is C21H21FN4O. The van der Waals surface area contributed by atoms with E-state index in [0.717, 1.165) is 41.8 Å². The van der Waals surface area contributed by atoms with Gasteiger partial charge in [-0.2, -0.15) is 5.10 Å². The van der Waals surface area contributed by atoms with Gasteiger partial charge < -0.3 is 10.6 Å². The molecule has 1 aliphatic rings. The van der Waals surface area contributed by atoms with Crippen LogP contribution in [0.1, 0.15) is 18.4 Å². The maximum absolute atomic E-state index is 13.2. The molecule has 0 saturated carbocycles. The first-order valence-corrected chi connectivity index (χ1v) is 9.05. The number of benzene rings is 2. The number of rotatable bonds is 5. The van der Waals surface area contributed by atoms with Gasteiger partial charge in [0.1, 0.15) is 11.4 Å². The maximum Gasteiger partial charge on any atom is 0.245 e. The molecular weight excluding hydrogens is 343 g/mol. The van der Waals surface area contributed by atoms with Gasteiger partial charge in [0.15, 0.2) is 0 Å². The predicted octanol–water partition coefficient (Wildman–Crippen LogP) is 3.52. The van der Waals surface area contributed by atoms with Gasteiger partial charge in [0.05, 0.1) is 6.20 Å². The van der Waals surface area contributed by atoms with E-state index in [0.29, 0.717) is 6.42 Å². The Hall–Kier alpha value is -2.99. The zero-order valence-corrected chi connectivity index (χ0v) is 14.8. The average Bonchev–Trinajstić information content (AvgIpc) is 3.37. The highest BCUT2D eigenvalue weighted by molar-refractivity contribution is 5.98. The second-order valence-electron chi connectivity index (χ2n) is 6.93. The molecule has 3 N–H and O–H groups in total. The van der Waals surface area contributed by atoms with Crippen LogP contribution in [0.25, 0.3) is 11.1 Å². The molecule has 0 unspecified atom stereocenters. The smallest absolute Gasteiger partial charge is 0.245 e. The highest BCUT2D eigenvalue weighted by Gasteiger charge is 2.40. The molecule has 2 heterocycles. The summed E-state index contributed by atoms with van der Waals surface area (Å²) in [5.74, 6) is -0.324. The number of amides is 1. The molecule has 1 atom stereocenters. The van der Waals surface area contributed by atoms with Crippen molar-refractivity contribution in [1.29, 1.82) is 0 Å². The van der Waals surface area contributed by atoms with Crippen molar-refractivity contribution >= 4 is 11.6 Å². The van der Waals surface area contributed by atoms with E-state index in [1.807, 2.05) is 30.5 Å². The lowest BCUT2D eigenvalue weighted by atomic mass is 9.88. The standard InChI is InChI=1S/C21H21FN4O/c22-18-6-2-15(3-7-18)12-21(10-1-11-23-21)20(27)26-19-8-4-16(5-9-19)17-13-24-25-14-17/h2-9,13-14,23H,1,10-12H2,(H,24,25)(H,26,27)/t21-/m1/s1. The normalized spacial score (nSPS) is 19.1. The number of H-pyrrole nitrogens is 1. The lowest BCUT2D eigenvalue weighted by molar-refractivity contribution is -0.121. The fraction of sp³-hybridized carbons (Fsp3) is 0.238. The van der Waals surface area contributed by atoms with Crippen molar-refractivity contribution in [2.24, 2.45) is 0 Å². The number of carbonyl (C=O) groups is 1. The highest BCUT2D eigenvalue weighted by Crippen LogP contribution is 2.27. The third-order valence-electron chi connectivity index (χ3n) is 5.07. The minimum atomic E-state index is -0.666. The molecule has 1 amide bonds. The van der Waals surface area contributed by atoms with E-state index in [9.17, 15) is 9.18 Å². The summed E-state index contributed by atoms with van der Waals surface area (Å²) in [6.45, 7) is 0.800. The van der Waals surface area contributed by atoms with Crippen molar-refractivity contribution in [2.75, 3.05) is 11.9 Å². The third kappa shape index (κ3) is 3.75. The number of halogens is 1. The van der Waals surface area contributed by atoms with E-state index >= 15 is 0 Å². The van der Waals surface area contributed by atoms with Crippen LogP contribution in [-0.2, 0) is 11.2 Å². The quantitative estimate of drug-likeness (QED) is 0.649. The second kappa shape index (κ2) is 7.32. The van der Waals surface area contributed by atoms with Gasteiger partial charge >= 0.3 is 0 Å². The Morgan fingerprint density at radius 1 is 1.11 bits per heavy atom. The Kier molecular flexibility index (Phi) is 4.73. The Morgan fingerprint density at radius 2 is 1.89 bits per heavy atom. The van der Waals surface area contributed by atoms with Gasteiger partial charge in [-0.05, 0) is 61.2 Å². The van der Waals surface area contributed by atoms with Gasteiger partial charge in [-0.3, -0.25) is 9.89 Å². The van der Waals surface area contributed by atoms with Crippen molar-refractivity contribution in [2.45, 2.75) is 24.8 Å². The maximum atomic E-state index is 13.2. The van der Waals surface area contributed by atoms with E-state index < -0.39 is 5.54 Å². The highest BCUT2D eigenvalue weighted by atomic mass is 19.1. The molecule has 0 bridgehead atoms. The average molecular weight is 364 g/mol. The first-order valence-electron chi connectivity index (χ1n) is 9.05. The van der Waals surface area contributed by atoms with Gasteiger partial charge in [0.2, 0.25) is 5.91 Å². The number of aromatic nitrogens is 2. The SMILES string of the molecule is O=C(Nc1ccc(-c2cn[nH]c2)cc1)[C@]1(Cc2ccc(F)cc2)CCCN1. The molecule has 1 fully saturated rings. The molecule has 27 heavy (non-hydrogen) atoms. The molecule has 1 aromatic heterocycles. The first-order chi connectivity index (χ1) is 13.1. The molecule has 0 spiro atoms. The van der Waals surface area contributed by atoms with Crippen molar-refractivity contribution in [1.82, 2.24) is 15.5 Å². The molecule has 2 aromatic carbocycles. The van der Waals surface area contributed by atoms with E-state index in [4.69, 9.17) is 0 Å². The summed E-state index contributed by atoms with van der Waals surface area (Å²) in [5, 5.41) is 13.1. The summed E-state index contributed by atoms with van der Waals surface area (Å²) in [6.07, 6.45) is 5.81. The fourth-order valence-corrected chi connectivity index (χ4v) is 3.59. The minimum Gasteiger partial charge on any atom is -0.324 e.